The van der Waals surface area contributed by atoms with Gasteiger partial charge in [0.25, 0.3) is 0 Å². The number of hydrogen-bond donors (Lipinski definition) is 9. The van der Waals surface area contributed by atoms with E-state index in [4.69, 9.17) is 18.9 Å². The highest BCUT2D eigenvalue weighted by molar-refractivity contribution is 5.76. The van der Waals surface area contributed by atoms with Crippen molar-refractivity contribution in [3.8, 4) is 0 Å². The predicted molar refractivity (Wildman–Crippen MR) is 355 cm³/mol. The molecular weight excluding hydrogens is 1100 g/mol. The number of carbonyl (C=O) groups is 1. The van der Waals surface area contributed by atoms with Crippen LogP contribution in [0.5, 0.6) is 0 Å². The topological polar surface area (TPSA) is 228 Å². The molecule has 87 heavy (non-hydrogen) atoms. The Bertz CT molecular complexity index is 1640. The number of unbranched alkanes of at least 4 members (excludes halogenated alkanes) is 41. The van der Waals surface area contributed by atoms with Crippen LogP contribution < -0.4 is 5.32 Å². The lowest BCUT2D eigenvalue weighted by Crippen LogP contribution is -2.65. The highest BCUT2D eigenvalue weighted by atomic mass is 16.7. The third-order valence-electron chi connectivity index (χ3n) is 17.7. The van der Waals surface area contributed by atoms with Crippen LogP contribution in [0.4, 0.5) is 0 Å². The zero-order chi connectivity index (χ0) is 63.1. The molecule has 0 saturated carbocycles. The molecule has 2 aliphatic heterocycles. The van der Waals surface area contributed by atoms with E-state index < -0.39 is 86.8 Å². The van der Waals surface area contributed by atoms with E-state index in [1.165, 1.54) is 238 Å². The Labute approximate surface area is 531 Å². The molecular formula is C73H135NO13. The number of allylic oxidation sites excluding steroid dienone is 7. The van der Waals surface area contributed by atoms with Gasteiger partial charge in [-0.15, -0.1) is 0 Å². The first kappa shape index (κ1) is 81.0. The molecule has 0 aliphatic carbocycles. The first-order valence-electron chi connectivity index (χ1n) is 36.4. The fraction of sp³-hybridized carbons (Fsp3) is 0.877. The maximum absolute atomic E-state index is 13.3. The minimum atomic E-state index is -1.79. The summed E-state index contributed by atoms with van der Waals surface area (Å²) in [5.41, 5.74) is 0. The molecule has 2 fully saturated rings. The first-order chi connectivity index (χ1) is 42.6. The summed E-state index contributed by atoms with van der Waals surface area (Å²) in [5.74, 6) is -0.249. The molecule has 510 valence electrons. The minimum absolute atomic E-state index is 0.249. The van der Waals surface area contributed by atoms with Crippen LogP contribution >= 0.6 is 0 Å². The predicted octanol–water partition coefficient (Wildman–Crippen LogP) is 15.1. The monoisotopic (exact) mass is 1230 g/mol. The summed E-state index contributed by atoms with van der Waals surface area (Å²) in [4.78, 5) is 13.3. The molecule has 14 nitrogen and oxygen atoms in total. The van der Waals surface area contributed by atoms with Gasteiger partial charge in [0.1, 0.15) is 48.8 Å². The largest absolute Gasteiger partial charge is 0.394 e. The van der Waals surface area contributed by atoms with Gasteiger partial charge in [0.2, 0.25) is 5.91 Å². The Hall–Kier alpha value is -2.05. The number of ether oxygens (including phenoxy) is 4. The summed E-state index contributed by atoms with van der Waals surface area (Å²) >= 11 is 0. The van der Waals surface area contributed by atoms with Crippen molar-refractivity contribution >= 4 is 5.91 Å². The summed E-state index contributed by atoms with van der Waals surface area (Å²) in [6.07, 6.45) is 59.3. The molecule has 12 unspecified atom stereocenters. The summed E-state index contributed by atoms with van der Waals surface area (Å²) in [6, 6.07) is -0.937. The average Bonchev–Trinajstić information content (AvgIpc) is 3.72. The van der Waals surface area contributed by atoms with Gasteiger partial charge in [0, 0.05) is 6.42 Å². The lowest BCUT2D eigenvalue weighted by atomic mass is 9.97. The molecule has 0 aromatic carbocycles. The molecule has 14 heteroatoms. The van der Waals surface area contributed by atoms with Crippen LogP contribution in [-0.4, -0.2) is 140 Å². The van der Waals surface area contributed by atoms with Crippen molar-refractivity contribution in [3.63, 3.8) is 0 Å². The van der Waals surface area contributed by atoms with Gasteiger partial charge < -0.3 is 65.1 Å². The third kappa shape index (κ3) is 41.9. The van der Waals surface area contributed by atoms with Crippen LogP contribution in [0.3, 0.4) is 0 Å². The van der Waals surface area contributed by atoms with E-state index in [0.29, 0.717) is 12.8 Å². The van der Waals surface area contributed by atoms with Gasteiger partial charge >= 0.3 is 0 Å². The number of aliphatic hydroxyl groups is 8. The highest BCUT2D eigenvalue weighted by Crippen LogP contribution is 2.30. The van der Waals surface area contributed by atoms with E-state index >= 15 is 0 Å². The maximum Gasteiger partial charge on any atom is 0.220 e. The summed E-state index contributed by atoms with van der Waals surface area (Å²) in [7, 11) is 0. The van der Waals surface area contributed by atoms with Gasteiger partial charge in [-0.1, -0.05) is 287 Å². The number of amides is 1. The molecule has 0 bridgehead atoms. The molecule has 0 aromatic heterocycles. The second-order valence-corrected chi connectivity index (χ2v) is 25.7. The Morgan fingerprint density at radius 3 is 1.14 bits per heavy atom. The van der Waals surface area contributed by atoms with Crippen molar-refractivity contribution in [2.75, 3.05) is 19.8 Å². The molecule has 1 amide bonds. The minimum Gasteiger partial charge on any atom is -0.394 e. The van der Waals surface area contributed by atoms with Crippen molar-refractivity contribution in [2.45, 2.75) is 389 Å². The van der Waals surface area contributed by atoms with Crippen molar-refractivity contribution in [2.24, 2.45) is 0 Å². The summed E-state index contributed by atoms with van der Waals surface area (Å²) in [6.45, 7) is 2.77. The number of carbonyl (C=O) groups excluding carboxylic acids is 1. The molecule has 0 aromatic rings. The van der Waals surface area contributed by atoms with Crippen LogP contribution in [0, 0.1) is 0 Å². The normalized spacial score (nSPS) is 23.5. The van der Waals surface area contributed by atoms with Gasteiger partial charge in [-0.2, -0.15) is 0 Å². The van der Waals surface area contributed by atoms with E-state index in [-0.39, 0.29) is 18.9 Å². The third-order valence-corrected chi connectivity index (χ3v) is 17.7. The fourth-order valence-electron chi connectivity index (χ4n) is 11.9. The first-order valence-corrected chi connectivity index (χ1v) is 36.4. The van der Waals surface area contributed by atoms with E-state index in [2.05, 4.69) is 55.6 Å². The van der Waals surface area contributed by atoms with Crippen molar-refractivity contribution in [1.82, 2.24) is 5.32 Å². The van der Waals surface area contributed by atoms with Crippen molar-refractivity contribution in [1.29, 1.82) is 0 Å². The van der Waals surface area contributed by atoms with Gasteiger partial charge in [-0.05, 0) is 70.6 Å². The second-order valence-electron chi connectivity index (χ2n) is 25.7. The van der Waals surface area contributed by atoms with Crippen LogP contribution in [0.25, 0.3) is 0 Å². The lowest BCUT2D eigenvalue weighted by molar-refractivity contribution is -0.359. The lowest BCUT2D eigenvalue weighted by Gasteiger charge is -2.46. The Balaban J connectivity index is 1.55. The zero-order valence-corrected chi connectivity index (χ0v) is 55.5. The van der Waals surface area contributed by atoms with Gasteiger partial charge in [0.15, 0.2) is 12.6 Å². The molecule has 2 rings (SSSR count). The smallest absolute Gasteiger partial charge is 0.220 e. The van der Waals surface area contributed by atoms with Crippen LogP contribution in [0.15, 0.2) is 48.6 Å². The van der Waals surface area contributed by atoms with Gasteiger partial charge in [0.05, 0.1) is 32.0 Å². The standard InChI is InChI=1S/C73H135NO13/c1-3-5-7-9-11-13-15-17-19-20-21-22-23-24-25-26-27-28-29-30-31-32-33-34-35-36-37-38-39-40-41-42-43-45-47-49-51-53-55-57-65(78)74-61(62(77)56-54-52-50-48-46-44-18-16-14-12-10-8-6-4-2)60-84-72-70(83)68(81)71(64(59-76)86-72)87-73-69(82)67(80)66(79)63(58-75)85-73/h14,16,20-21,46,48,54,56,61-64,66-73,75-77,79-83H,3-13,15,17-19,22-45,47,49-53,55,57-60H2,1-2H3,(H,74,78)/b16-14+,21-20-,48-46+,56-54+. The summed E-state index contributed by atoms with van der Waals surface area (Å²) < 4.78 is 22.8. The SMILES string of the molecule is CCCCCC/C=C/CC/C=C/CC/C=C/C(O)C(COC1OC(CO)C(OC2OC(CO)C(O)C(O)C2O)C(O)C1O)NC(=O)CCCCCCCCCCCCCCCCCCCCCCCCCCCCC/C=C\CCCCCCCCCC. The quantitative estimate of drug-likeness (QED) is 0.0204. The zero-order valence-electron chi connectivity index (χ0n) is 55.5. The summed E-state index contributed by atoms with van der Waals surface area (Å²) in [5, 5.41) is 87.2. The molecule has 0 radical (unpaired) electrons. The van der Waals surface area contributed by atoms with Crippen molar-refractivity contribution in [3.05, 3.63) is 48.6 Å². The molecule has 9 N–H and O–H groups in total. The molecule has 2 saturated heterocycles. The number of hydrogen-bond acceptors (Lipinski definition) is 13. The number of rotatable bonds is 60. The van der Waals surface area contributed by atoms with E-state index in [0.717, 1.165) is 44.9 Å². The average molecular weight is 1230 g/mol. The molecule has 12 atom stereocenters. The van der Waals surface area contributed by atoms with E-state index in [9.17, 15) is 45.6 Å². The number of nitrogens with one attached hydrogen (secondary N) is 1. The van der Waals surface area contributed by atoms with E-state index in [1.54, 1.807) is 6.08 Å². The van der Waals surface area contributed by atoms with Gasteiger partial charge in [-0.3, -0.25) is 4.79 Å². The molecule has 0 spiro atoms. The molecule has 2 aliphatic rings. The number of aliphatic hydroxyl groups excluding tert-OH is 8. The van der Waals surface area contributed by atoms with Crippen LogP contribution in [0.1, 0.15) is 316 Å². The highest BCUT2D eigenvalue weighted by Gasteiger charge is 2.51. The van der Waals surface area contributed by atoms with Crippen LogP contribution in [-0.2, 0) is 23.7 Å². The van der Waals surface area contributed by atoms with Crippen LogP contribution in [0.2, 0.25) is 0 Å². The van der Waals surface area contributed by atoms with E-state index in [1.807, 2.05) is 6.08 Å². The maximum atomic E-state index is 13.3. The Morgan fingerprint density at radius 2 is 0.736 bits per heavy atom. The van der Waals surface area contributed by atoms with Crippen molar-refractivity contribution < 1.29 is 64.6 Å². The molecule has 2 heterocycles. The fourth-order valence-corrected chi connectivity index (χ4v) is 11.9. The van der Waals surface area contributed by atoms with Gasteiger partial charge in [-0.25, -0.2) is 0 Å². The Morgan fingerprint density at radius 1 is 0.402 bits per heavy atom. The second kappa shape index (κ2) is 57.8. The Kier molecular flexibility index (Phi) is 53.9.